The lowest BCUT2D eigenvalue weighted by Crippen LogP contribution is -2.72. The summed E-state index contributed by atoms with van der Waals surface area (Å²) in [6.45, 7) is 3.89. The molecule has 2 bridgehead atoms. The zero-order chi connectivity index (χ0) is 14.2. The number of nitrogens with zero attached hydrogens (tertiary/aromatic N) is 1. The number of piperidine rings is 1. The molecule has 0 amide bonds. The lowest BCUT2D eigenvalue weighted by atomic mass is 9.51. The van der Waals surface area contributed by atoms with Crippen LogP contribution >= 0.6 is 0 Å². The highest BCUT2D eigenvalue weighted by molar-refractivity contribution is 5.91. The average Bonchev–Trinajstić information content (AvgIpc) is 2.56. The van der Waals surface area contributed by atoms with Crippen LogP contribution < -0.4 is 0 Å². The van der Waals surface area contributed by atoms with Gasteiger partial charge in [0.15, 0.2) is 5.78 Å². The summed E-state index contributed by atoms with van der Waals surface area (Å²) in [5.41, 5.74) is -2.84. The Morgan fingerprint density at radius 1 is 1.20 bits per heavy atom. The van der Waals surface area contributed by atoms with Crippen LogP contribution in [0.4, 0.5) is 0 Å². The molecule has 0 radical (unpaired) electrons. The summed E-state index contributed by atoms with van der Waals surface area (Å²) in [5.74, 6) is 0.584. The smallest absolute Gasteiger partial charge is 0.165 e. The van der Waals surface area contributed by atoms with Gasteiger partial charge in [-0.1, -0.05) is 6.92 Å². The fraction of sp³-hybridized carbons (Fsp3) is 0.938. The van der Waals surface area contributed by atoms with Crippen molar-refractivity contribution in [2.75, 3.05) is 13.1 Å². The third-order valence-corrected chi connectivity index (χ3v) is 6.85. The van der Waals surface area contributed by atoms with Crippen molar-refractivity contribution < 1.29 is 15.0 Å². The van der Waals surface area contributed by atoms with Crippen LogP contribution in [-0.2, 0) is 4.79 Å². The number of hydrogen-bond donors (Lipinski definition) is 2. The molecule has 2 heterocycles. The first-order chi connectivity index (χ1) is 9.44. The van der Waals surface area contributed by atoms with E-state index in [2.05, 4.69) is 11.8 Å². The van der Waals surface area contributed by atoms with Gasteiger partial charge in [0.2, 0.25) is 0 Å². The van der Waals surface area contributed by atoms with E-state index in [0.29, 0.717) is 25.2 Å². The highest BCUT2D eigenvalue weighted by Gasteiger charge is 2.76. The first kappa shape index (κ1) is 13.2. The van der Waals surface area contributed by atoms with Crippen molar-refractivity contribution >= 4 is 5.78 Å². The van der Waals surface area contributed by atoms with Crippen LogP contribution in [0, 0.1) is 17.3 Å². The van der Waals surface area contributed by atoms with Crippen molar-refractivity contribution in [1.82, 2.24) is 4.90 Å². The average molecular weight is 279 g/mol. The topological polar surface area (TPSA) is 60.8 Å². The summed E-state index contributed by atoms with van der Waals surface area (Å²) >= 11 is 0. The Hall–Kier alpha value is -0.450. The highest BCUT2D eigenvalue weighted by atomic mass is 16.3. The quantitative estimate of drug-likeness (QED) is 0.702. The van der Waals surface area contributed by atoms with Crippen molar-refractivity contribution in [3.63, 3.8) is 0 Å². The van der Waals surface area contributed by atoms with E-state index in [9.17, 15) is 15.0 Å². The van der Waals surface area contributed by atoms with Gasteiger partial charge in [-0.3, -0.25) is 9.69 Å². The fourth-order valence-corrected chi connectivity index (χ4v) is 6.27. The molecule has 0 aromatic rings. The van der Waals surface area contributed by atoms with Crippen molar-refractivity contribution in [3.8, 4) is 0 Å². The fourth-order valence-electron chi connectivity index (χ4n) is 6.27. The molecule has 4 rings (SSSR count). The first-order valence-electron chi connectivity index (χ1n) is 8.17. The first-order valence-corrected chi connectivity index (χ1v) is 8.17. The van der Waals surface area contributed by atoms with Gasteiger partial charge in [0.25, 0.3) is 0 Å². The molecule has 112 valence electrons. The molecule has 4 nitrogen and oxygen atoms in total. The molecule has 1 spiro atoms. The molecule has 2 saturated carbocycles. The van der Waals surface area contributed by atoms with Gasteiger partial charge in [-0.2, -0.15) is 0 Å². The van der Waals surface area contributed by atoms with Gasteiger partial charge in [-0.25, -0.2) is 0 Å². The molecule has 2 aliphatic heterocycles. The summed E-state index contributed by atoms with van der Waals surface area (Å²) in [6, 6.07) is 0. The number of carbonyl (C=O) groups is 1. The Balaban J connectivity index is 1.95. The molecular formula is C16H25NO3. The maximum Gasteiger partial charge on any atom is 0.165 e. The molecule has 2 saturated heterocycles. The minimum atomic E-state index is -1.28. The monoisotopic (exact) mass is 279 g/mol. The summed E-state index contributed by atoms with van der Waals surface area (Å²) in [6.07, 6.45) is 5.30. The molecule has 0 aromatic heterocycles. The van der Waals surface area contributed by atoms with Gasteiger partial charge in [0.05, 0.1) is 5.41 Å². The Labute approximate surface area is 120 Å². The van der Waals surface area contributed by atoms with Crippen LogP contribution in [0.25, 0.3) is 0 Å². The van der Waals surface area contributed by atoms with Gasteiger partial charge < -0.3 is 10.2 Å². The Morgan fingerprint density at radius 2 is 1.90 bits per heavy atom. The van der Waals surface area contributed by atoms with Crippen molar-refractivity contribution in [1.29, 1.82) is 0 Å². The summed E-state index contributed by atoms with van der Waals surface area (Å²) in [5, 5.41) is 22.9. The zero-order valence-corrected chi connectivity index (χ0v) is 12.3. The van der Waals surface area contributed by atoms with Crippen LogP contribution in [0.3, 0.4) is 0 Å². The maximum atomic E-state index is 12.6. The summed E-state index contributed by atoms with van der Waals surface area (Å²) < 4.78 is 0. The Bertz CT molecular complexity index is 467. The predicted molar refractivity (Wildman–Crippen MR) is 73.9 cm³/mol. The highest BCUT2D eigenvalue weighted by Crippen LogP contribution is 2.67. The van der Waals surface area contributed by atoms with Crippen molar-refractivity contribution in [2.24, 2.45) is 17.3 Å². The van der Waals surface area contributed by atoms with E-state index < -0.39 is 16.7 Å². The second-order valence-corrected chi connectivity index (χ2v) is 7.71. The number of rotatable bonds is 0. The van der Waals surface area contributed by atoms with Gasteiger partial charge in [-0.15, -0.1) is 0 Å². The van der Waals surface area contributed by atoms with Gasteiger partial charge in [0, 0.05) is 19.5 Å². The third kappa shape index (κ3) is 1.23. The number of aliphatic hydroxyl groups is 2. The predicted octanol–water partition coefficient (Wildman–Crippen LogP) is 1.30. The zero-order valence-electron chi connectivity index (χ0n) is 12.3. The van der Waals surface area contributed by atoms with E-state index in [4.69, 9.17) is 0 Å². The number of ketones is 1. The lowest BCUT2D eigenvalue weighted by Gasteiger charge is -2.63. The molecule has 20 heavy (non-hydrogen) atoms. The van der Waals surface area contributed by atoms with Crippen LogP contribution in [0.2, 0.25) is 0 Å². The third-order valence-electron chi connectivity index (χ3n) is 6.85. The van der Waals surface area contributed by atoms with Gasteiger partial charge in [0.1, 0.15) is 11.3 Å². The minimum Gasteiger partial charge on any atom is -0.381 e. The molecule has 4 heteroatoms. The number of carbonyl (C=O) groups excluding carboxylic acids is 1. The largest absolute Gasteiger partial charge is 0.381 e. The molecule has 6 atom stereocenters. The van der Waals surface area contributed by atoms with E-state index in [0.717, 1.165) is 38.8 Å². The molecular weight excluding hydrogens is 254 g/mol. The minimum absolute atomic E-state index is 0.00113. The van der Waals surface area contributed by atoms with Crippen LogP contribution in [0.1, 0.15) is 51.9 Å². The van der Waals surface area contributed by atoms with Gasteiger partial charge >= 0.3 is 0 Å². The second-order valence-electron chi connectivity index (χ2n) is 7.71. The Morgan fingerprint density at radius 3 is 2.65 bits per heavy atom. The van der Waals surface area contributed by atoms with Crippen molar-refractivity contribution in [3.05, 3.63) is 0 Å². The Kier molecular flexibility index (Phi) is 2.54. The van der Waals surface area contributed by atoms with E-state index in [1.54, 1.807) is 0 Å². The second kappa shape index (κ2) is 3.84. The molecule has 2 N–H and O–H groups in total. The van der Waals surface area contributed by atoms with Crippen molar-refractivity contribution in [2.45, 2.75) is 63.2 Å². The number of Topliss-reactive ketones (excluding diaryl/α,β-unsaturated/α-hetero) is 1. The molecule has 0 aromatic carbocycles. The van der Waals surface area contributed by atoms with E-state index in [1.165, 1.54) is 0 Å². The normalized spacial score (nSPS) is 58.1. The summed E-state index contributed by atoms with van der Waals surface area (Å²) in [7, 11) is 0. The SMILES string of the molecule is C[C@H]1C[C@@H]2CC(=O)[C@@]3(O)CCCN4CCC[C@]23[C@]4(O)C1. The standard InChI is InChI=1S/C16H25NO3/c1-11-8-12-9-13(18)15(19)5-3-7-17-6-2-4-14(12,15)16(17,20)10-11/h11-12,19-20H,2-10H2,1H3/t11-,12+,14-,15-,16+/m0/s1. The lowest BCUT2D eigenvalue weighted by molar-refractivity contribution is -0.292. The molecule has 4 fully saturated rings. The maximum absolute atomic E-state index is 12.6. The van der Waals surface area contributed by atoms with E-state index in [-0.39, 0.29) is 11.7 Å². The summed E-state index contributed by atoms with van der Waals surface area (Å²) in [4.78, 5) is 14.8. The van der Waals surface area contributed by atoms with Crippen LogP contribution in [0.5, 0.6) is 0 Å². The number of hydrogen-bond acceptors (Lipinski definition) is 4. The van der Waals surface area contributed by atoms with Gasteiger partial charge in [-0.05, 0) is 50.4 Å². The molecule has 4 aliphatic rings. The van der Waals surface area contributed by atoms with E-state index in [1.807, 2.05) is 0 Å². The van der Waals surface area contributed by atoms with E-state index >= 15 is 0 Å². The van der Waals surface area contributed by atoms with Crippen LogP contribution in [-0.4, -0.2) is 45.3 Å². The molecule has 2 aliphatic carbocycles. The molecule has 1 unspecified atom stereocenters. The van der Waals surface area contributed by atoms with Crippen LogP contribution in [0.15, 0.2) is 0 Å².